The Labute approximate surface area is 354 Å². The van der Waals surface area contributed by atoms with E-state index in [9.17, 15) is 24.0 Å². The van der Waals surface area contributed by atoms with Crippen LogP contribution in [-0.4, -0.2) is 96.6 Å². The number of nitrogens with one attached hydrogen (secondary N) is 3. The second kappa shape index (κ2) is 25.5. The summed E-state index contributed by atoms with van der Waals surface area (Å²) in [5.74, 6) is -0.815. The molecule has 1 saturated heterocycles. The first kappa shape index (κ1) is 48.4. The lowest BCUT2D eigenvalue weighted by atomic mass is 9.75. The maximum atomic E-state index is 14.8. The highest BCUT2D eigenvalue weighted by Gasteiger charge is 2.50. The van der Waals surface area contributed by atoms with Crippen LogP contribution in [-0.2, 0) is 30.4 Å². The van der Waals surface area contributed by atoms with Gasteiger partial charge in [-0.3, -0.25) is 24.0 Å². The zero-order valence-electron chi connectivity index (χ0n) is 36.1. The number of ketones is 2. The van der Waals surface area contributed by atoms with Gasteiger partial charge >= 0.3 is 0 Å². The molecule has 13 nitrogen and oxygen atoms in total. The van der Waals surface area contributed by atoms with Crippen molar-refractivity contribution >= 4 is 29.3 Å². The third kappa shape index (κ3) is 15.0. The molecule has 0 spiro atoms. The van der Waals surface area contributed by atoms with Crippen molar-refractivity contribution in [1.29, 1.82) is 0 Å². The fraction of sp³-hybridized carbons (Fsp3) is 0.761. The Morgan fingerprint density at radius 2 is 1.37 bits per heavy atom. The van der Waals surface area contributed by atoms with Crippen molar-refractivity contribution in [2.75, 3.05) is 26.7 Å². The Morgan fingerprint density at radius 3 is 2.00 bits per heavy atom. The van der Waals surface area contributed by atoms with E-state index in [0.29, 0.717) is 89.3 Å². The molecule has 1 unspecified atom stereocenters. The van der Waals surface area contributed by atoms with E-state index in [1.807, 2.05) is 30.3 Å². The lowest BCUT2D eigenvalue weighted by molar-refractivity contribution is -0.145. The van der Waals surface area contributed by atoms with Gasteiger partial charge in [-0.2, -0.15) is 0 Å². The molecule has 1 aromatic carbocycles. The maximum absolute atomic E-state index is 14.8. The summed E-state index contributed by atoms with van der Waals surface area (Å²) in [6.45, 7) is 1.29. The minimum absolute atomic E-state index is 0.106. The molecule has 0 aromatic heterocycles. The molecular formula is C46H78N8O5. The van der Waals surface area contributed by atoms with Crippen LogP contribution in [0, 0.1) is 11.8 Å². The zero-order chi connectivity index (χ0) is 42.6. The Hall–Kier alpha value is -3.23. The van der Waals surface area contributed by atoms with Crippen LogP contribution in [0.5, 0.6) is 0 Å². The number of likely N-dealkylation sites (N-methyl/N-ethyl adjacent to an activating group) is 1. The fourth-order valence-electron chi connectivity index (χ4n) is 9.70. The number of rotatable bonds is 26. The second-order valence-electron chi connectivity index (χ2n) is 17.9. The Kier molecular flexibility index (Phi) is 21.0. The van der Waals surface area contributed by atoms with Gasteiger partial charge in [0.05, 0.1) is 24.2 Å². The third-order valence-electron chi connectivity index (χ3n) is 13.3. The van der Waals surface area contributed by atoms with Gasteiger partial charge in [0.2, 0.25) is 17.7 Å². The van der Waals surface area contributed by atoms with E-state index in [1.165, 1.54) is 25.7 Å². The number of carbonyl (C=O) groups excluding carboxylic acids is 5. The summed E-state index contributed by atoms with van der Waals surface area (Å²) in [6, 6.07) is 5.98. The minimum Gasteiger partial charge on any atom is -0.355 e. The third-order valence-corrected chi connectivity index (χ3v) is 13.3. The van der Waals surface area contributed by atoms with E-state index in [-0.39, 0.29) is 24.1 Å². The van der Waals surface area contributed by atoms with E-state index in [4.69, 9.17) is 22.9 Å². The monoisotopic (exact) mass is 823 g/mol. The molecule has 1 heterocycles. The van der Waals surface area contributed by atoms with Gasteiger partial charge in [-0.25, -0.2) is 0 Å². The van der Waals surface area contributed by atoms with Crippen molar-refractivity contribution in [1.82, 2.24) is 20.9 Å². The Bertz CT molecular complexity index is 1450. The lowest BCUT2D eigenvalue weighted by Gasteiger charge is -2.36. The number of Topliss-reactive ketones (excluding diaryl/α,β-unsaturated/α-hetero) is 2. The average molecular weight is 823 g/mol. The number of amides is 3. The largest absolute Gasteiger partial charge is 0.355 e. The molecule has 1 aliphatic heterocycles. The van der Waals surface area contributed by atoms with E-state index >= 15 is 0 Å². The summed E-state index contributed by atoms with van der Waals surface area (Å²) in [5.41, 5.74) is 24.8. The quantitative estimate of drug-likeness (QED) is 0.0526. The first-order valence-electron chi connectivity index (χ1n) is 23.2. The van der Waals surface area contributed by atoms with Crippen LogP contribution in [0.25, 0.3) is 0 Å². The van der Waals surface area contributed by atoms with E-state index in [1.54, 1.807) is 11.9 Å². The van der Waals surface area contributed by atoms with Crippen LogP contribution < -0.4 is 38.9 Å². The molecule has 6 atom stereocenters. The first-order chi connectivity index (χ1) is 28.5. The van der Waals surface area contributed by atoms with Crippen LogP contribution in [0.15, 0.2) is 30.3 Å². The lowest BCUT2D eigenvalue weighted by Crippen LogP contribution is -2.65. The fourth-order valence-corrected chi connectivity index (χ4v) is 9.70. The molecule has 13 heteroatoms. The number of likely N-dealkylation sites (tertiary alicyclic amines) is 1. The number of nitrogens with two attached hydrogens (primary N) is 4. The van der Waals surface area contributed by atoms with Crippen molar-refractivity contribution in [3.8, 4) is 0 Å². The highest BCUT2D eigenvalue weighted by molar-refractivity contribution is 6.15. The van der Waals surface area contributed by atoms with Crippen LogP contribution >= 0.6 is 0 Å². The summed E-state index contributed by atoms with van der Waals surface area (Å²) in [4.78, 5) is 71.4. The molecule has 2 saturated carbocycles. The molecule has 4 rings (SSSR count). The molecule has 11 N–H and O–H groups in total. The van der Waals surface area contributed by atoms with Gasteiger partial charge < -0.3 is 43.8 Å². The minimum atomic E-state index is -1.85. The number of hydrogen-bond donors (Lipinski definition) is 7. The number of hydrogen-bond acceptors (Lipinski definition) is 10. The topological polar surface area (TPSA) is 229 Å². The SMILES string of the molecule is CN[C@@H](Cc1ccccc1)C(=O)N[C@@H](CCCCN)C(=O)N1CCC[C@H]1C(=O)C(N)(CCCCCCNC(=O)[C@@H](N)CC1CCCCC1)C(=O)[C@H](N)CC1CCCCC1. The molecule has 1 aromatic rings. The van der Waals surface area contributed by atoms with E-state index < -0.39 is 47.3 Å². The Balaban J connectivity index is 1.41. The van der Waals surface area contributed by atoms with Crippen LogP contribution in [0.4, 0.5) is 0 Å². The molecule has 332 valence electrons. The summed E-state index contributed by atoms with van der Waals surface area (Å²) in [7, 11) is 1.72. The second-order valence-corrected chi connectivity index (χ2v) is 17.9. The van der Waals surface area contributed by atoms with E-state index in [2.05, 4.69) is 16.0 Å². The summed E-state index contributed by atoms with van der Waals surface area (Å²) in [5, 5.41) is 9.08. The zero-order valence-corrected chi connectivity index (χ0v) is 36.1. The molecule has 3 amide bonds. The van der Waals surface area contributed by atoms with Crippen molar-refractivity contribution in [3.63, 3.8) is 0 Å². The van der Waals surface area contributed by atoms with Gasteiger partial charge in [-0.1, -0.05) is 114 Å². The van der Waals surface area contributed by atoms with Crippen LogP contribution in [0.2, 0.25) is 0 Å². The van der Waals surface area contributed by atoms with E-state index in [0.717, 1.165) is 63.4 Å². The number of benzene rings is 1. The molecule has 2 aliphatic carbocycles. The highest BCUT2D eigenvalue weighted by atomic mass is 16.2. The smallest absolute Gasteiger partial charge is 0.245 e. The highest BCUT2D eigenvalue weighted by Crippen LogP contribution is 2.31. The number of carbonyl (C=O) groups is 5. The van der Waals surface area contributed by atoms with Crippen molar-refractivity contribution in [2.45, 2.75) is 183 Å². The van der Waals surface area contributed by atoms with Gasteiger partial charge in [-0.15, -0.1) is 0 Å². The van der Waals surface area contributed by atoms with Crippen molar-refractivity contribution < 1.29 is 24.0 Å². The molecule has 0 bridgehead atoms. The van der Waals surface area contributed by atoms with Crippen LogP contribution in [0.1, 0.15) is 147 Å². The van der Waals surface area contributed by atoms with Gasteiger partial charge in [0.15, 0.2) is 11.6 Å². The predicted octanol–water partition coefficient (Wildman–Crippen LogP) is 3.92. The summed E-state index contributed by atoms with van der Waals surface area (Å²) < 4.78 is 0. The maximum Gasteiger partial charge on any atom is 0.245 e. The normalized spacial score (nSPS) is 20.9. The standard InChI is InChI=1S/C46H78N8O5/c1-51-39(32-35-22-11-6-12-23-35)44(58)53-38(24-13-15-27-47)45(59)54-29-17-25-40(54)42(56)46(50,41(55)36(48)30-33-18-7-4-8-19-33)26-14-2-3-16-28-52-43(57)37(49)31-34-20-9-5-10-21-34/h6,11-12,22-23,33-34,36-40,51H,2-5,7-10,13-21,24-32,47-50H2,1H3,(H,52,57)(H,53,58)/t36-,37+,38+,39+,40+,46?/m1/s1. The molecule has 59 heavy (non-hydrogen) atoms. The van der Waals surface area contributed by atoms with Gasteiger partial charge in [0.25, 0.3) is 0 Å². The summed E-state index contributed by atoms with van der Waals surface area (Å²) >= 11 is 0. The van der Waals surface area contributed by atoms with Crippen molar-refractivity contribution in [2.24, 2.45) is 34.8 Å². The van der Waals surface area contributed by atoms with Gasteiger partial charge in [-0.05, 0) is 95.2 Å². The molecule has 3 fully saturated rings. The summed E-state index contributed by atoms with van der Waals surface area (Å²) in [6.07, 6.45) is 18.6. The van der Waals surface area contributed by atoms with Crippen LogP contribution in [0.3, 0.4) is 0 Å². The first-order valence-corrected chi connectivity index (χ1v) is 23.2. The Morgan fingerprint density at radius 1 is 0.746 bits per heavy atom. The number of nitrogens with zero attached hydrogens (tertiary/aromatic N) is 1. The number of unbranched alkanes of at least 4 members (excludes halogenated alkanes) is 4. The average Bonchev–Trinajstić information content (AvgIpc) is 3.75. The predicted molar refractivity (Wildman–Crippen MR) is 234 cm³/mol. The molecule has 3 aliphatic rings. The van der Waals surface area contributed by atoms with Crippen molar-refractivity contribution in [3.05, 3.63) is 35.9 Å². The van der Waals surface area contributed by atoms with Gasteiger partial charge in [0.1, 0.15) is 11.6 Å². The molecular weight excluding hydrogens is 745 g/mol. The molecule has 0 radical (unpaired) electrons. The van der Waals surface area contributed by atoms with Gasteiger partial charge in [0, 0.05) is 13.1 Å².